The van der Waals surface area contributed by atoms with Crippen molar-refractivity contribution in [3.05, 3.63) is 58.3 Å². The van der Waals surface area contributed by atoms with Crippen molar-refractivity contribution in [2.45, 2.75) is 26.2 Å². The molecule has 2 aromatic heterocycles. The van der Waals surface area contributed by atoms with Crippen LogP contribution >= 0.6 is 0 Å². The van der Waals surface area contributed by atoms with E-state index in [9.17, 15) is 9.59 Å². The minimum Gasteiger partial charge on any atom is -0.336 e. The molecule has 3 aromatic rings. The molecule has 0 saturated carbocycles. The number of nitrogens with zero attached hydrogens (tertiary/aromatic N) is 5. The van der Waals surface area contributed by atoms with E-state index >= 15 is 0 Å². The van der Waals surface area contributed by atoms with Gasteiger partial charge < -0.3 is 4.90 Å². The summed E-state index contributed by atoms with van der Waals surface area (Å²) in [5.41, 5.74) is 1.65. The molecule has 0 atom stereocenters. The highest BCUT2D eigenvalue weighted by atomic mass is 16.2. The summed E-state index contributed by atoms with van der Waals surface area (Å²) in [7, 11) is 0. The predicted molar refractivity (Wildman–Crippen MR) is 97.6 cm³/mol. The molecule has 1 amide bonds. The van der Waals surface area contributed by atoms with Gasteiger partial charge in [0.1, 0.15) is 12.2 Å². The molecule has 0 bridgehead atoms. The monoisotopic (exact) mass is 367 g/mol. The van der Waals surface area contributed by atoms with Gasteiger partial charge in [-0.05, 0) is 37.3 Å². The molecule has 1 aliphatic heterocycles. The van der Waals surface area contributed by atoms with Crippen LogP contribution in [-0.2, 0) is 6.42 Å². The number of carbonyl (C=O) groups is 1. The van der Waals surface area contributed by atoms with Crippen molar-refractivity contribution in [2.75, 3.05) is 13.1 Å². The molecular formula is C18H21N7O2. The van der Waals surface area contributed by atoms with Crippen molar-refractivity contribution in [3.8, 4) is 5.69 Å². The van der Waals surface area contributed by atoms with Crippen molar-refractivity contribution in [3.63, 3.8) is 0 Å². The first-order valence-electron chi connectivity index (χ1n) is 9.00. The van der Waals surface area contributed by atoms with Crippen molar-refractivity contribution in [1.29, 1.82) is 0 Å². The molecule has 1 aliphatic rings. The van der Waals surface area contributed by atoms with E-state index in [1.807, 2.05) is 31.2 Å². The number of nitrogens with one attached hydrogen (secondary N) is 2. The Bertz CT molecular complexity index is 981. The number of aryl methyl sites for hydroxylation is 1. The summed E-state index contributed by atoms with van der Waals surface area (Å²) in [5.74, 6) is 1.24. The van der Waals surface area contributed by atoms with E-state index < -0.39 is 0 Å². The maximum absolute atomic E-state index is 12.3. The number of piperidine rings is 1. The Labute approximate surface area is 155 Å². The van der Waals surface area contributed by atoms with Gasteiger partial charge in [0, 0.05) is 19.5 Å². The lowest BCUT2D eigenvalue weighted by Crippen LogP contribution is -2.39. The molecule has 1 saturated heterocycles. The van der Waals surface area contributed by atoms with Gasteiger partial charge in [-0.2, -0.15) is 10.2 Å². The van der Waals surface area contributed by atoms with Gasteiger partial charge in [-0.3, -0.25) is 9.89 Å². The fraction of sp³-hybridized carbons (Fsp3) is 0.389. The summed E-state index contributed by atoms with van der Waals surface area (Å²) < 4.78 is 1.65. The molecule has 0 radical (unpaired) electrons. The first kappa shape index (κ1) is 17.2. The lowest BCUT2D eigenvalue weighted by atomic mass is 9.93. The zero-order chi connectivity index (χ0) is 18.8. The van der Waals surface area contributed by atoms with Gasteiger partial charge in [-0.25, -0.2) is 19.4 Å². The van der Waals surface area contributed by atoms with Crippen LogP contribution in [0.3, 0.4) is 0 Å². The van der Waals surface area contributed by atoms with Gasteiger partial charge in [0.2, 0.25) is 5.82 Å². The van der Waals surface area contributed by atoms with Crippen LogP contribution in [0.4, 0.5) is 0 Å². The summed E-state index contributed by atoms with van der Waals surface area (Å²) >= 11 is 0. The number of benzene rings is 1. The van der Waals surface area contributed by atoms with Crippen molar-refractivity contribution < 1.29 is 4.79 Å². The third kappa shape index (κ3) is 3.40. The standard InChI is InChI=1S/C18H21N7O2/c1-12-4-2-3-5-14(12)25-15(21-23-18(25)27)10-13-6-8-24(9-7-13)17(26)16-19-11-20-22-16/h2-5,11,13H,6-10H2,1H3,(H,23,27)(H,19,20,22). The van der Waals surface area contributed by atoms with Gasteiger partial charge >= 0.3 is 5.69 Å². The van der Waals surface area contributed by atoms with Crippen LogP contribution in [0.2, 0.25) is 0 Å². The Morgan fingerprint density at radius 3 is 2.70 bits per heavy atom. The summed E-state index contributed by atoms with van der Waals surface area (Å²) in [4.78, 5) is 30.3. The largest absolute Gasteiger partial charge is 0.347 e. The SMILES string of the molecule is Cc1ccccc1-n1c(CC2CCN(C(=O)c3ncn[nH]3)CC2)n[nH]c1=O. The number of carbonyl (C=O) groups excluding carboxylic acids is 1. The molecule has 0 unspecified atom stereocenters. The topological polar surface area (TPSA) is 113 Å². The number of aromatic nitrogens is 6. The van der Waals surface area contributed by atoms with E-state index in [1.54, 1.807) is 9.47 Å². The van der Waals surface area contributed by atoms with E-state index in [0.717, 1.165) is 29.9 Å². The third-order valence-corrected chi connectivity index (χ3v) is 5.09. The third-order valence-electron chi connectivity index (χ3n) is 5.09. The number of hydrogen-bond donors (Lipinski definition) is 2. The molecule has 4 rings (SSSR count). The van der Waals surface area contributed by atoms with E-state index in [0.29, 0.717) is 25.4 Å². The minimum atomic E-state index is -0.225. The predicted octanol–water partition coefficient (Wildman–Crippen LogP) is 1.08. The van der Waals surface area contributed by atoms with Crippen LogP contribution in [0.1, 0.15) is 34.8 Å². The first-order chi connectivity index (χ1) is 13.1. The average molecular weight is 367 g/mol. The van der Waals surface area contributed by atoms with Crippen molar-refractivity contribution in [2.24, 2.45) is 5.92 Å². The second-order valence-corrected chi connectivity index (χ2v) is 6.84. The summed E-state index contributed by atoms with van der Waals surface area (Å²) in [6.07, 6.45) is 3.74. The maximum atomic E-state index is 12.3. The number of hydrogen-bond acceptors (Lipinski definition) is 5. The lowest BCUT2D eigenvalue weighted by Gasteiger charge is -2.31. The minimum absolute atomic E-state index is 0.123. The van der Waals surface area contributed by atoms with Gasteiger partial charge in [0.15, 0.2) is 0 Å². The molecule has 3 heterocycles. The average Bonchev–Trinajstić information content (AvgIpc) is 3.33. The van der Waals surface area contributed by atoms with Crippen molar-refractivity contribution >= 4 is 5.91 Å². The summed E-state index contributed by atoms with van der Waals surface area (Å²) in [5, 5.41) is 13.2. The van der Waals surface area contributed by atoms with Crippen LogP contribution < -0.4 is 5.69 Å². The molecule has 1 fully saturated rings. The van der Waals surface area contributed by atoms with Gasteiger partial charge in [-0.15, -0.1) is 0 Å². The molecule has 27 heavy (non-hydrogen) atoms. The quantitative estimate of drug-likeness (QED) is 0.716. The van der Waals surface area contributed by atoms with E-state index in [1.165, 1.54) is 6.33 Å². The van der Waals surface area contributed by atoms with Gasteiger partial charge in [-0.1, -0.05) is 18.2 Å². The van der Waals surface area contributed by atoms with Crippen molar-refractivity contribution in [1.82, 2.24) is 34.8 Å². The summed E-state index contributed by atoms with van der Waals surface area (Å²) in [6.45, 7) is 3.29. The first-order valence-corrected chi connectivity index (χ1v) is 9.00. The number of amides is 1. The Balaban J connectivity index is 1.45. The lowest BCUT2D eigenvalue weighted by molar-refractivity contribution is 0.0677. The highest BCUT2D eigenvalue weighted by Gasteiger charge is 2.26. The molecular weight excluding hydrogens is 346 g/mol. The number of para-hydroxylation sites is 1. The molecule has 2 N–H and O–H groups in total. The molecule has 1 aromatic carbocycles. The van der Waals surface area contributed by atoms with Crippen LogP contribution in [0.25, 0.3) is 5.69 Å². The summed E-state index contributed by atoms with van der Waals surface area (Å²) in [6, 6.07) is 7.77. The Kier molecular flexibility index (Phi) is 4.57. The Hall–Kier alpha value is -3.23. The van der Waals surface area contributed by atoms with E-state index in [2.05, 4.69) is 25.4 Å². The zero-order valence-electron chi connectivity index (χ0n) is 15.1. The van der Waals surface area contributed by atoms with E-state index in [-0.39, 0.29) is 17.4 Å². The van der Waals surface area contributed by atoms with Crippen LogP contribution in [0.5, 0.6) is 0 Å². The number of H-pyrrole nitrogens is 2. The maximum Gasteiger partial charge on any atom is 0.347 e. The number of rotatable bonds is 4. The highest BCUT2D eigenvalue weighted by Crippen LogP contribution is 2.23. The fourth-order valence-electron chi connectivity index (χ4n) is 3.59. The molecule has 140 valence electrons. The molecule has 0 spiro atoms. The molecule has 9 heteroatoms. The van der Waals surface area contributed by atoms with Crippen LogP contribution in [-0.4, -0.2) is 53.8 Å². The zero-order valence-corrected chi connectivity index (χ0v) is 15.1. The second kappa shape index (κ2) is 7.18. The smallest absolute Gasteiger partial charge is 0.336 e. The highest BCUT2D eigenvalue weighted by molar-refractivity contribution is 5.90. The normalized spacial score (nSPS) is 15.2. The fourth-order valence-corrected chi connectivity index (χ4v) is 3.59. The van der Waals surface area contributed by atoms with E-state index in [4.69, 9.17) is 0 Å². The molecule has 9 nitrogen and oxygen atoms in total. The van der Waals surface area contributed by atoms with Gasteiger partial charge in [0.05, 0.1) is 5.69 Å². The number of likely N-dealkylation sites (tertiary alicyclic amines) is 1. The second-order valence-electron chi connectivity index (χ2n) is 6.84. The van der Waals surface area contributed by atoms with Gasteiger partial charge in [0.25, 0.3) is 5.91 Å². The Morgan fingerprint density at radius 2 is 2.00 bits per heavy atom. The molecule has 0 aliphatic carbocycles. The van der Waals surface area contributed by atoms with Crippen LogP contribution in [0, 0.1) is 12.8 Å². The van der Waals surface area contributed by atoms with Crippen LogP contribution in [0.15, 0.2) is 35.4 Å². The number of aromatic amines is 2. The Morgan fingerprint density at radius 1 is 1.22 bits per heavy atom.